The molecule has 0 aliphatic carbocycles. The Morgan fingerprint density at radius 2 is 2.17 bits per heavy atom. The third-order valence-electron chi connectivity index (χ3n) is 4.33. The van der Waals surface area contributed by atoms with Gasteiger partial charge in [0.05, 0.1) is 17.5 Å². The largest absolute Gasteiger partial charge is 0.459 e. The number of hydrogen-bond acceptors (Lipinski definition) is 4. The van der Waals surface area contributed by atoms with Gasteiger partial charge in [-0.1, -0.05) is 0 Å². The van der Waals surface area contributed by atoms with Crippen LogP contribution < -0.4 is 10.6 Å². The maximum Gasteiger partial charge on any atom is 0.291 e. The van der Waals surface area contributed by atoms with Gasteiger partial charge in [-0.25, -0.2) is 0 Å². The van der Waals surface area contributed by atoms with E-state index >= 15 is 0 Å². The highest BCUT2D eigenvalue weighted by atomic mass is 16.3. The number of fused-ring (bicyclic) bond motifs is 2. The van der Waals surface area contributed by atoms with Crippen molar-refractivity contribution in [2.75, 3.05) is 17.2 Å². The van der Waals surface area contributed by atoms with Crippen molar-refractivity contribution in [1.82, 2.24) is 4.90 Å². The Balaban J connectivity index is 1.65. The number of amides is 3. The molecule has 24 heavy (non-hydrogen) atoms. The molecule has 1 aromatic carbocycles. The third kappa shape index (κ3) is 2.34. The van der Waals surface area contributed by atoms with Gasteiger partial charge in [0, 0.05) is 12.2 Å². The van der Waals surface area contributed by atoms with Crippen LogP contribution in [0.3, 0.4) is 0 Å². The lowest BCUT2D eigenvalue weighted by Gasteiger charge is -2.20. The summed E-state index contributed by atoms with van der Waals surface area (Å²) in [7, 11) is 0. The molecule has 0 bridgehead atoms. The summed E-state index contributed by atoms with van der Waals surface area (Å²) in [5.74, 6) is -0.569. The van der Waals surface area contributed by atoms with Crippen molar-refractivity contribution in [2.24, 2.45) is 0 Å². The summed E-state index contributed by atoms with van der Waals surface area (Å²) in [5.41, 5.74) is 1.32. The first-order valence-corrected chi connectivity index (χ1v) is 7.74. The number of nitrogens with one attached hydrogen (secondary N) is 2. The topological polar surface area (TPSA) is 91.7 Å². The summed E-state index contributed by atoms with van der Waals surface area (Å²) in [5, 5.41) is 5.49. The molecule has 0 saturated carbocycles. The van der Waals surface area contributed by atoms with Crippen LogP contribution in [0.4, 0.5) is 11.4 Å². The second-order valence-corrected chi connectivity index (χ2v) is 5.84. The number of furan rings is 1. The molecule has 7 nitrogen and oxygen atoms in total. The molecular formula is C17H15N3O4. The molecule has 1 atom stereocenters. The summed E-state index contributed by atoms with van der Waals surface area (Å²) >= 11 is 0. The van der Waals surface area contributed by atoms with Gasteiger partial charge in [0.25, 0.3) is 11.8 Å². The maximum absolute atomic E-state index is 12.7. The molecule has 1 fully saturated rings. The van der Waals surface area contributed by atoms with E-state index in [0.29, 0.717) is 29.9 Å². The fourth-order valence-corrected chi connectivity index (χ4v) is 3.16. The van der Waals surface area contributed by atoms with Crippen LogP contribution in [0.1, 0.15) is 33.8 Å². The highest BCUT2D eigenvalue weighted by molar-refractivity contribution is 6.11. The average Bonchev–Trinajstić information content (AvgIpc) is 3.25. The van der Waals surface area contributed by atoms with Gasteiger partial charge in [0.1, 0.15) is 6.04 Å². The zero-order chi connectivity index (χ0) is 16.7. The van der Waals surface area contributed by atoms with Crippen LogP contribution in [-0.4, -0.2) is 35.2 Å². The van der Waals surface area contributed by atoms with Gasteiger partial charge in [0.15, 0.2) is 5.76 Å². The van der Waals surface area contributed by atoms with Crippen LogP contribution in [0, 0.1) is 0 Å². The van der Waals surface area contributed by atoms with Crippen LogP contribution in [-0.2, 0) is 4.79 Å². The minimum atomic E-state index is -0.411. The second-order valence-electron chi connectivity index (χ2n) is 5.84. The average molecular weight is 325 g/mol. The summed E-state index contributed by atoms with van der Waals surface area (Å²) in [6, 6.07) is 7.62. The molecule has 0 spiro atoms. The van der Waals surface area contributed by atoms with E-state index in [1.54, 1.807) is 35.2 Å². The number of nitrogens with zero attached hydrogens (tertiary/aromatic N) is 1. The Hall–Kier alpha value is -3.09. The molecule has 4 rings (SSSR count). The monoisotopic (exact) mass is 325 g/mol. The van der Waals surface area contributed by atoms with Gasteiger partial charge < -0.3 is 20.0 Å². The molecule has 1 aromatic heterocycles. The fraction of sp³-hybridized carbons (Fsp3) is 0.235. The molecule has 122 valence electrons. The molecule has 7 heteroatoms. The number of anilines is 2. The van der Waals surface area contributed by atoms with Crippen molar-refractivity contribution in [2.45, 2.75) is 18.9 Å². The number of rotatable bonds is 2. The van der Waals surface area contributed by atoms with Crippen LogP contribution in [0.25, 0.3) is 0 Å². The fourth-order valence-electron chi connectivity index (χ4n) is 3.16. The predicted molar refractivity (Wildman–Crippen MR) is 85.8 cm³/mol. The van der Waals surface area contributed by atoms with Gasteiger partial charge in [-0.15, -0.1) is 0 Å². The first kappa shape index (κ1) is 14.5. The first-order chi connectivity index (χ1) is 11.6. The van der Waals surface area contributed by atoms with Crippen molar-refractivity contribution in [1.29, 1.82) is 0 Å². The lowest BCUT2D eigenvalue weighted by molar-refractivity contribution is -0.119. The number of benzene rings is 1. The predicted octanol–water partition coefficient (Wildman–Crippen LogP) is 2.09. The van der Waals surface area contributed by atoms with Gasteiger partial charge in [-0.3, -0.25) is 14.4 Å². The normalized spacial score (nSPS) is 19.3. The van der Waals surface area contributed by atoms with E-state index in [2.05, 4.69) is 10.6 Å². The lowest BCUT2D eigenvalue weighted by atomic mass is 10.1. The molecular weight excluding hydrogens is 310 g/mol. The Morgan fingerprint density at radius 1 is 1.29 bits per heavy atom. The Kier molecular flexibility index (Phi) is 3.34. The van der Waals surface area contributed by atoms with E-state index in [-0.39, 0.29) is 17.6 Å². The number of carbonyl (C=O) groups excluding carboxylic acids is 3. The third-order valence-corrected chi connectivity index (χ3v) is 4.33. The second kappa shape index (κ2) is 5.52. The smallest absolute Gasteiger partial charge is 0.291 e. The first-order valence-electron chi connectivity index (χ1n) is 7.74. The van der Waals surface area contributed by atoms with Crippen LogP contribution in [0.15, 0.2) is 41.0 Å². The van der Waals surface area contributed by atoms with Crippen molar-refractivity contribution >= 4 is 29.1 Å². The van der Waals surface area contributed by atoms with Crippen LogP contribution >= 0.6 is 0 Å². The quantitative estimate of drug-likeness (QED) is 0.884. The SMILES string of the molecule is O=C(Nc1ccc2c(c1)C(=O)N1CCC[C@@H]1C(=O)N2)c1ccco1. The standard InChI is InChI=1S/C17H15N3O4/c21-15-13-3-1-7-20(13)17(23)11-9-10(5-6-12(11)19-15)18-16(22)14-4-2-8-24-14/h2,4-6,8-9,13H,1,3,7H2,(H,18,22)(H,19,21)/t13-/m1/s1. The Labute approximate surface area is 137 Å². The molecule has 0 unspecified atom stereocenters. The van der Waals surface area contributed by atoms with E-state index in [9.17, 15) is 14.4 Å². The molecule has 2 N–H and O–H groups in total. The summed E-state index contributed by atoms with van der Waals surface area (Å²) in [4.78, 5) is 38.6. The van der Waals surface area contributed by atoms with Crippen LogP contribution in [0.2, 0.25) is 0 Å². The summed E-state index contributed by atoms with van der Waals surface area (Å²) in [6.45, 7) is 0.569. The molecule has 3 heterocycles. The van der Waals surface area contributed by atoms with Crippen molar-refractivity contribution in [3.05, 3.63) is 47.9 Å². The van der Waals surface area contributed by atoms with Crippen molar-refractivity contribution < 1.29 is 18.8 Å². The minimum Gasteiger partial charge on any atom is -0.459 e. The maximum atomic E-state index is 12.7. The highest BCUT2D eigenvalue weighted by Crippen LogP contribution is 2.30. The van der Waals surface area contributed by atoms with E-state index in [1.165, 1.54) is 6.26 Å². The number of hydrogen-bond donors (Lipinski definition) is 2. The summed E-state index contributed by atoms with van der Waals surface area (Å²) in [6.07, 6.45) is 2.90. The van der Waals surface area contributed by atoms with E-state index in [0.717, 1.165) is 6.42 Å². The van der Waals surface area contributed by atoms with Gasteiger partial charge in [0.2, 0.25) is 5.91 Å². The molecule has 3 amide bonds. The Morgan fingerprint density at radius 3 is 2.96 bits per heavy atom. The molecule has 2 aromatic rings. The lowest BCUT2D eigenvalue weighted by Crippen LogP contribution is -2.40. The number of carbonyl (C=O) groups is 3. The molecule has 2 aliphatic heterocycles. The minimum absolute atomic E-state index is 0.160. The molecule has 0 radical (unpaired) electrons. The van der Waals surface area contributed by atoms with E-state index in [1.807, 2.05) is 0 Å². The van der Waals surface area contributed by atoms with Gasteiger partial charge in [-0.2, -0.15) is 0 Å². The van der Waals surface area contributed by atoms with Gasteiger partial charge in [-0.05, 0) is 43.2 Å². The van der Waals surface area contributed by atoms with Crippen molar-refractivity contribution in [3.8, 4) is 0 Å². The van der Waals surface area contributed by atoms with E-state index in [4.69, 9.17) is 4.42 Å². The molecule has 1 saturated heterocycles. The van der Waals surface area contributed by atoms with Gasteiger partial charge >= 0.3 is 0 Å². The summed E-state index contributed by atoms with van der Waals surface area (Å²) < 4.78 is 5.05. The molecule has 2 aliphatic rings. The van der Waals surface area contributed by atoms with E-state index < -0.39 is 11.9 Å². The Bertz CT molecular complexity index is 828. The van der Waals surface area contributed by atoms with Crippen molar-refractivity contribution in [3.63, 3.8) is 0 Å². The zero-order valence-corrected chi connectivity index (χ0v) is 12.7. The zero-order valence-electron chi connectivity index (χ0n) is 12.7. The highest BCUT2D eigenvalue weighted by Gasteiger charge is 2.38. The van der Waals surface area contributed by atoms with Crippen LogP contribution in [0.5, 0.6) is 0 Å².